The normalized spacial score (nSPS) is 16.6. The molecule has 1 fully saturated rings. The summed E-state index contributed by atoms with van der Waals surface area (Å²) in [7, 11) is 4.35. The predicted octanol–water partition coefficient (Wildman–Crippen LogP) is 5.51. The van der Waals surface area contributed by atoms with E-state index in [1.165, 1.54) is 6.42 Å². The van der Waals surface area contributed by atoms with Gasteiger partial charge in [0, 0.05) is 11.5 Å². The molecule has 0 spiro atoms. The van der Waals surface area contributed by atoms with Gasteiger partial charge < -0.3 is 14.0 Å². The summed E-state index contributed by atoms with van der Waals surface area (Å²) in [6, 6.07) is 20.0. The molecule has 0 saturated heterocycles. The van der Waals surface area contributed by atoms with Gasteiger partial charge in [-0.3, -0.25) is 0 Å². The van der Waals surface area contributed by atoms with E-state index in [0.29, 0.717) is 12.4 Å². The average Bonchev–Trinajstić information content (AvgIpc) is 3.31. The van der Waals surface area contributed by atoms with Crippen molar-refractivity contribution in [3.63, 3.8) is 0 Å². The van der Waals surface area contributed by atoms with Crippen molar-refractivity contribution in [1.82, 2.24) is 4.98 Å². The first-order valence-electron chi connectivity index (χ1n) is 12.1. The lowest BCUT2D eigenvalue weighted by atomic mass is 9.73. The second-order valence-corrected chi connectivity index (χ2v) is 9.83. The summed E-state index contributed by atoms with van der Waals surface area (Å²) in [5.74, 6) is 7.87. The molecule has 1 atom stereocenters. The maximum atomic E-state index is 12.0. The van der Waals surface area contributed by atoms with Crippen molar-refractivity contribution in [2.75, 3.05) is 20.6 Å². The Morgan fingerprint density at radius 2 is 1.67 bits per heavy atom. The van der Waals surface area contributed by atoms with Crippen molar-refractivity contribution in [3.8, 4) is 11.8 Å². The van der Waals surface area contributed by atoms with Gasteiger partial charge in [-0.1, -0.05) is 79.6 Å². The van der Waals surface area contributed by atoms with E-state index in [9.17, 15) is 5.11 Å². The maximum Gasteiger partial charge on any atom is 0.231 e. The van der Waals surface area contributed by atoms with E-state index in [1.807, 2.05) is 60.7 Å². The highest BCUT2D eigenvalue weighted by Crippen LogP contribution is 2.43. The van der Waals surface area contributed by atoms with Crippen molar-refractivity contribution in [3.05, 3.63) is 89.6 Å². The fourth-order valence-corrected chi connectivity index (χ4v) is 4.85. The van der Waals surface area contributed by atoms with Gasteiger partial charge in [-0.25, -0.2) is 4.98 Å². The van der Waals surface area contributed by atoms with Gasteiger partial charge in [0.1, 0.15) is 6.54 Å². The van der Waals surface area contributed by atoms with Crippen LogP contribution in [-0.4, -0.2) is 35.2 Å². The molecule has 1 unspecified atom stereocenters. The first-order valence-corrected chi connectivity index (χ1v) is 12.1. The van der Waals surface area contributed by atoms with Crippen LogP contribution < -0.4 is 0 Å². The van der Waals surface area contributed by atoms with Gasteiger partial charge in [-0.2, -0.15) is 0 Å². The monoisotopic (exact) mass is 443 g/mol. The van der Waals surface area contributed by atoms with Crippen LogP contribution in [0.5, 0.6) is 0 Å². The van der Waals surface area contributed by atoms with Crippen molar-refractivity contribution in [2.45, 2.75) is 50.7 Å². The van der Waals surface area contributed by atoms with Crippen LogP contribution in [0.3, 0.4) is 0 Å². The molecule has 1 heterocycles. The second-order valence-electron chi connectivity index (χ2n) is 9.83. The van der Waals surface area contributed by atoms with Gasteiger partial charge in [0.05, 0.1) is 33.3 Å². The molecule has 4 nitrogen and oxygen atoms in total. The van der Waals surface area contributed by atoms with Crippen LogP contribution in [0.1, 0.15) is 61.3 Å². The lowest BCUT2D eigenvalue weighted by Gasteiger charge is -2.36. The van der Waals surface area contributed by atoms with Gasteiger partial charge in [0.15, 0.2) is 11.4 Å². The van der Waals surface area contributed by atoms with E-state index in [0.717, 1.165) is 60.0 Å². The third kappa shape index (κ3) is 5.74. The Balaban J connectivity index is 1.47. The molecule has 0 amide bonds. The summed E-state index contributed by atoms with van der Waals surface area (Å²) >= 11 is 0. The summed E-state index contributed by atoms with van der Waals surface area (Å²) in [6.07, 6.45) is 8.09. The second kappa shape index (κ2) is 10.4. The molecule has 3 aromatic rings. The number of hydrogen-bond donors (Lipinski definition) is 1. The average molecular weight is 444 g/mol. The SMILES string of the molecule is C[N+](C)(CCC#Cc1ccccc1)Cc1cnc(C(O)(c2ccccc2)C2CCCCC2)o1. The van der Waals surface area contributed by atoms with Crippen LogP contribution in [0.25, 0.3) is 0 Å². The molecule has 1 N–H and O–H groups in total. The topological polar surface area (TPSA) is 46.3 Å². The van der Waals surface area contributed by atoms with Crippen LogP contribution in [0.15, 0.2) is 71.3 Å². The van der Waals surface area contributed by atoms with E-state index >= 15 is 0 Å². The summed E-state index contributed by atoms with van der Waals surface area (Å²) in [4.78, 5) is 4.61. The molecular formula is C29H35N2O2+. The van der Waals surface area contributed by atoms with E-state index in [-0.39, 0.29) is 5.92 Å². The Labute approximate surface area is 197 Å². The molecule has 172 valence electrons. The Hall–Kier alpha value is -2.87. The largest absolute Gasteiger partial charge is 0.436 e. The zero-order chi connectivity index (χ0) is 23.2. The number of rotatable bonds is 7. The Kier molecular flexibility index (Phi) is 7.33. The summed E-state index contributed by atoms with van der Waals surface area (Å²) in [5, 5.41) is 12.0. The van der Waals surface area contributed by atoms with E-state index in [1.54, 1.807) is 6.20 Å². The zero-order valence-electron chi connectivity index (χ0n) is 19.8. The van der Waals surface area contributed by atoms with Crippen LogP contribution in [0.4, 0.5) is 0 Å². The summed E-state index contributed by atoms with van der Waals surface area (Å²) < 4.78 is 7.00. The van der Waals surface area contributed by atoms with Gasteiger partial charge in [-0.05, 0) is 30.5 Å². The molecule has 1 aliphatic carbocycles. The van der Waals surface area contributed by atoms with Gasteiger partial charge in [-0.15, -0.1) is 0 Å². The van der Waals surface area contributed by atoms with Crippen molar-refractivity contribution < 1.29 is 14.0 Å². The smallest absolute Gasteiger partial charge is 0.231 e. The quantitative estimate of drug-likeness (QED) is 0.387. The highest BCUT2D eigenvalue weighted by atomic mass is 16.4. The minimum Gasteiger partial charge on any atom is -0.436 e. The van der Waals surface area contributed by atoms with E-state index < -0.39 is 5.60 Å². The number of nitrogens with zero attached hydrogens (tertiary/aromatic N) is 2. The molecule has 2 aromatic carbocycles. The Bertz CT molecular complexity index is 1070. The number of hydrogen-bond acceptors (Lipinski definition) is 3. The fraction of sp³-hybridized carbons (Fsp3) is 0.414. The maximum absolute atomic E-state index is 12.0. The van der Waals surface area contributed by atoms with Crippen LogP contribution in [0, 0.1) is 17.8 Å². The fourth-order valence-electron chi connectivity index (χ4n) is 4.85. The minimum absolute atomic E-state index is 0.121. The van der Waals surface area contributed by atoms with Crippen LogP contribution >= 0.6 is 0 Å². The number of aromatic nitrogens is 1. The molecule has 33 heavy (non-hydrogen) atoms. The molecule has 1 aromatic heterocycles. The molecule has 4 heteroatoms. The molecular weight excluding hydrogens is 408 g/mol. The standard InChI is InChI=1S/C29H35N2O2/c1-31(2,21-13-12-16-24-14-6-3-7-15-24)23-27-22-30-28(33-27)29(32,25-17-8-4-9-18-25)26-19-10-5-11-20-26/h3-4,6-9,14-15,17-18,22,26,32H,5,10-11,13,19-21,23H2,1-2H3/q+1. The van der Waals surface area contributed by atoms with Crippen LogP contribution in [-0.2, 0) is 12.1 Å². The van der Waals surface area contributed by atoms with E-state index in [4.69, 9.17) is 4.42 Å². The van der Waals surface area contributed by atoms with Crippen molar-refractivity contribution >= 4 is 0 Å². The van der Waals surface area contributed by atoms with Crippen molar-refractivity contribution in [1.29, 1.82) is 0 Å². The zero-order valence-corrected chi connectivity index (χ0v) is 19.8. The summed E-state index contributed by atoms with van der Waals surface area (Å²) in [5.41, 5.74) is 0.735. The first-order chi connectivity index (χ1) is 16.0. The lowest BCUT2D eigenvalue weighted by Crippen LogP contribution is -2.39. The molecule has 0 radical (unpaired) electrons. The minimum atomic E-state index is -1.18. The molecule has 1 aliphatic rings. The predicted molar refractivity (Wildman–Crippen MR) is 131 cm³/mol. The number of oxazole rings is 1. The third-order valence-electron chi connectivity index (χ3n) is 6.72. The third-order valence-corrected chi connectivity index (χ3v) is 6.72. The Morgan fingerprint density at radius 1 is 1.00 bits per heavy atom. The van der Waals surface area contributed by atoms with Gasteiger partial charge in [0.25, 0.3) is 0 Å². The van der Waals surface area contributed by atoms with Gasteiger partial charge in [0.2, 0.25) is 5.89 Å². The van der Waals surface area contributed by atoms with Gasteiger partial charge >= 0.3 is 0 Å². The molecule has 0 bridgehead atoms. The Morgan fingerprint density at radius 3 is 2.36 bits per heavy atom. The highest BCUT2D eigenvalue weighted by molar-refractivity contribution is 5.33. The first kappa shape index (κ1) is 23.3. The molecule has 0 aliphatic heterocycles. The highest BCUT2D eigenvalue weighted by Gasteiger charge is 2.44. The number of benzene rings is 2. The van der Waals surface area contributed by atoms with Crippen molar-refractivity contribution in [2.24, 2.45) is 5.92 Å². The number of aliphatic hydroxyl groups is 1. The molecule has 4 rings (SSSR count). The number of quaternary nitrogens is 1. The summed E-state index contributed by atoms with van der Waals surface area (Å²) in [6.45, 7) is 1.61. The van der Waals surface area contributed by atoms with E-state index in [2.05, 4.69) is 30.9 Å². The van der Waals surface area contributed by atoms with Crippen LogP contribution in [0.2, 0.25) is 0 Å². The lowest BCUT2D eigenvalue weighted by molar-refractivity contribution is -0.904. The molecule has 1 saturated carbocycles.